The molecule has 0 amide bonds. The molecule has 90 valence electrons. The molecule has 0 atom stereocenters. The zero-order valence-corrected chi connectivity index (χ0v) is 11.7. The number of fused-ring (bicyclic) bond motifs is 1. The van der Waals surface area contributed by atoms with Gasteiger partial charge in [0.25, 0.3) is 5.82 Å². The SMILES string of the molecule is O=C(O)c1nnc2sc(-c3ccc(I)cc3)nn12. The van der Waals surface area contributed by atoms with Crippen molar-refractivity contribution in [3.05, 3.63) is 33.7 Å². The van der Waals surface area contributed by atoms with Crippen LogP contribution < -0.4 is 0 Å². The maximum atomic E-state index is 10.9. The van der Waals surface area contributed by atoms with Crippen LogP contribution in [-0.2, 0) is 0 Å². The number of carbonyl (C=O) groups is 1. The van der Waals surface area contributed by atoms with E-state index in [1.807, 2.05) is 24.3 Å². The summed E-state index contributed by atoms with van der Waals surface area (Å²) in [6, 6.07) is 7.81. The molecule has 1 aromatic carbocycles. The molecule has 3 rings (SSSR count). The molecular formula is C10H5IN4O2S. The lowest BCUT2D eigenvalue weighted by molar-refractivity contribution is 0.0680. The fourth-order valence-corrected chi connectivity index (χ4v) is 2.66. The monoisotopic (exact) mass is 372 g/mol. The molecule has 8 heteroatoms. The van der Waals surface area contributed by atoms with Crippen LogP contribution in [0.5, 0.6) is 0 Å². The highest BCUT2D eigenvalue weighted by atomic mass is 127. The van der Waals surface area contributed by atoms with Crippen molar-refractivity contribution in [3.8, 4) is 10.6 Å². The quantitative estimate of drug-likeness (QED) is 0.698. The van der Waals surface area contributed by atoms with Crippen LogP contribution in [0.4, 0.5) is 0 Å². The number of aromatic nitrogens is 4. The topological polar surface area (TPSA) is 80.4 Å². The van der Waals surface area contributed by atoms with Crippen LogP contribution in [0, 0.1) is 3.57 Å². The molecule has 0 saturated heterocycles. The number of rotatable bonds is 2. The molecule has 0 aliphatic rings. The Balaban J connectivity index is 2.13. The number of nitrogens with zero attached hydrogens (tertiary/aromatic N) is 4. The summed E-state index contributed by atoms with van der Waals surface area (Å²) in [5.41, 5.74) is 0.933. The Kier molecular flexibility index (Phi) is 2.74. The van der Waals surface area contributed by atoms with Crippen molar-refractivity contribution >= 4 is 44.9 Å². The summed E-state index contributed by atoms with van der Waals surface area (Å²) in [4.78, 5) is 11.4. The Labute approximate surface area is 118 Å². The molecule has 3 aromatic rings. The third-order valence-electron chi connectivity index (χ3n) is 2.27. The fourth-order valence-electron chi connectivity index (χ4n) is 1.46. The molecule has 0 radical (unpaired) electrons. The highest BCUT2D eigenvalue weighted by Gasteiger charge is 2.17. The predicted octanol–water partition coefficient (Wildman–Crippen LogP) is 2.16. The van der Waals surface area contributed by atoms with Crippen LogP contribution in [0.2, 0.25) is 0 Å². The lowest BCUT2D eigenvalue weighted by Gasteiger charge is -1.94. The summed E-state index contributed by atoms with van der Waals surface area (Å²) in [6.45, 7) is 0. The van der Waals surface area contributed by atoms with Crippen molar-refractivity contribution in [1.29, 1.82) is 0 Å². The molecule has 0 aliphatic carbocycles. The molecule has 0 bridgehead atoms. The molecule has 0 spiro atoms. The van der Waals surface area contributed by atoms with Gasteiger partial charge in [-0.1, -0.05) is 23.5 Å². The average molecular weight is 372 g/mol. The highest BCUT2D eigenvalue weighted by Crippen LogP contribution is 2.25. The van der Waals surface area contributed by atoms with Crippen LogP contribution >= 0.6 is 33.9 Å². The van der Waals surface area contributed by atoms with Crippen LogP contribution in [0.25, 0.3) is 15.5 Å². The standard InChI is InChI=1S/C10H5IN4O2S/c11-6-3-1-5(2-4-6)8-14-15-7(9(16)17)12-13-10(15)18-8/h1-4H,(H,16,17). The molecule has 2 aromatic heterocycles. The molecule has 18 heavy (non-hydrogen) atoms. The average Bonchev–Trinajstić information content (AvgIpc) is 2.88. The lowest BCUT2D eigenvalue weighted by atomic mass is 10.2. The van der Waals surface area contributed by atoms with Crippen molar-refractivity contribution in [1.82, 2.24) is 19.8 Å². The Hall–Kier alpha value is -1.55. The summed E-state index contributed by atoms with van der Waals surface area (Å²) in [5, 5.41) is 21.2. The largest absolute Gasteiger partial charge is 0.475 e. The van der Waals surface area contributed by atoms with Crippen LogP contribution in [0.15, 0.2) is 24.3 Å². The van der Waals surface area contributed by atoms with Crippen molar-refractivity contribution < 1.29 is 9.90 Å². The summed E-state index contributed by atoms with van der Waals surface area (Å²) < 4.78 is 2.38. The first-order chi connectivity index (χ1) is 8.65. The normalized spacial score (nSPS) is 10.9. The van der Waals surface area contributed by atoms with Crippen LogP contribution in [-0.4, -0.2) is 30.9 Å². The summed E-state index contributed by atoms with van der Waals surface area (Å²) in [7, 11) is 0. The first kappa shape index (κ1) is 11.5. The number of hydrogen-bond donors (Lipinski definition) is 1. The molecule has 2 heterocycles. The van der Waals surface area contributed by atoms with E-state index in [1.54, 1.807) is 0 Å². The first-order valence-electron chi connectivity index (χ1n) is 4.86. The number of hydrogen-bond acceptors (Lipinski definition) is 5. The predicted molar refractivity (Wildman–Crippen MR) is 73.8 cm³/mol. The molecule has 6 nitrogen and oxygen atoms in total. The maximum absolute atomic E-state index is 10.9. The van der Waals surface area contributed by atoms with E-state index in [1.165, 1.54) is 15.9 Å². The van der Waals surface area contributed by atoms with Gasteiger partial charge >= 0.3 is 5.97 Å². The van der Waals surface area contributed by atoms with Crippen LogP contribution in [0.1, 0.15) is 10.6 Å². The fraction of sp³-hybridized carbons (Fsp3) is 0. The van der Waals surface area contributed by atoms with Gasteiger partial charge < -0.3 is 5.11 Å². The van der Waals surface area contributed by atoms with E-state index in [0.717, 1.165) is 14.1 Å². The van der Waals surface area contributed by atoms with Crippen molar-refractivity contribution in [3.63, 3.8) is 0 Å². The smallest absolute Gasteiger partial charge is 0.375 e. The lowest BCUT2D eigenvalue weighted by Crippen LogP contribution is -2.04. The number of carboxylic acid groups (broad SMARTS) is 1. The van der Waals surface area contributed by atoms with E-state index in [-0.39, 0.29) is 5.82 Å². The van der Waals surface area contributed by atoms with E-state index in [4.69, 9.17) is 5.11 Å². The Bertz CT molecular complexity index is 734. The molecule has 0 unspecified atom stereocenters. The van der Waals surface area contributed by atoms with Gasteiger partial charge in [0.2, 0.25) is 4.96 Å². The first-order valence-corrected chi connectivity index (χ1v) is 6.76. The molecule has 0 fully saturated rings. The second-order valence-electron chi connectivity index (χ2n) is 3.44. The van der Waals surface area contributed by atoms with Gasteiger partial charge in [-0.05, 0) is 34.7 Å². The molecule has 0 aliphatic heterocycles. The minimum Gasteiger partial charge on any atom is -0.475 e. The molecule has 1 N–H and O–H groups in total. The third kappa shape index (κ3) is 1.86. The van der Waals surface area contributed by atoms with Gasteiger partial charge in [0.15, 0.2) is 0 Å². The van der Waals surface area contributed by atoms with Gasteiger partial charge in [-0.15, -0.1) is 10.2 Å². The van der Waals surface area contributed by atoms with E-state index in [2.05, 4.69) is 37.9 Å². The summed E-state index contributed by atoms with van der Waals surface area (Å²) in [5.74, 6) is -1.31. The zero-order valence-electron chi connectivity index (χ0n) is 8.74. The van der Waals surface area contributed by atoms with Crippen molar-refractivity contribution in [2.24, 2.45) is 0 Å². The van der Waals surface area contributed by atoms with Crippen LogP contribution in [0.3, 0.4) is 0 Å². The Morgan fingerprint density at radius 2 is 2.00 bits per heavy atom. The molecular weight excluding hydrogens is 367 g/mol. The van der Waals surface area contributed by atoms with Gasteiger partial charge in [0.1, 0.15) is 5.01 Å². The number of halogens is 1. The van der Waals surface area contributed by atoms with E-state index in [9.17, 15) is 4.79 Å². The molecule has 0 saturated carbocycles. The van der Waals surface area contributed by atoms with E-state index in [0.29, 0.717) is 4.96 Å². The van der Waals surface area contributed by atoms with Gasteiger partial charge in [0.05, 0.1) is 0 Å². The van der Waals surface area contributed by atoms with Gasteiger partial charge in [-0.2, -0.15) is 9.61 Å². The zero-order chi connectivity index (χ0) is 12.7. The van der Waals surface area contributed by atoms with Gasteiger partial charge in [0, 0.05) is 9.13 Å². The van der Waals surface area contributed by atoms with E-state index >= 15 is 0 Å². The minimum absolute atomic E-state index is 0.169. The minimum atomic E-state index is -1.14. The van der Waals surface area contributed by atoms with Crippen molar-refractivity contribution in [2.45, 2.75) is 0 Å². The van der Waals surface area contributed by atoms with Crippen molar-refractivity contribution in [2.75, 3.05) is 0 Å². The summed E-state index contributed by atoms with van der Waals surface area (Å²) in [6.07, 6.45) is 0. The number of aromatic carboxylic acids is 1. The van der Waals surface area contributed by atoms with Gasteiger partial charge in [-0.3, -0.25) is 0 Å². The number of benzene rings is 1. The number of carboxylic acids is 1. The second-order valence-corrected chi connectivity index (χ2v) is 5.64. The summed E-state index contributed by atoms with van der Waals surface area (Å²) >= 11 is 3.53. The second kappa shape index (κ2) is 4.28. The Morgan fingerprint density at radius 1 is 1.28 bits per heavy atom. The van der Waals surface area contributed by atoms with E-state index < -0.39 is 5.97 Å². The third-order valence-corrected chi connectivity index (χ3v) is 3.94. The Morgan fingerprint density at radius 3 is 2.67 bits per heavy atom. The maximum Gasteiger partial charge on any atom is 0.375 e. The highest BCUT2D eigenvalue weighted by molar-refractivity contribution is 14.1. The van der Waals surface area contributed by atoms with Gasteiger partial charge in [-0.25, -0.2) is 4.79 Å².